The SMILES string of the molecule is CC(C)(O)C1C=CC=C1. The molecular weight excluding hydrogens is 112 g/mol. The number of allylic oxidation sites excluding steroid dienone is 2. The van der Waals surface area contributed by atoms with Crippen molar-refractivity contribution in [2.45, 2.75) is 19.4 Å². The van der Waals surface area contributed by atoms with E-state index in [0.717, 1.165) is 0 Å². The van der Waals surface area contributed by atoms with Crippen molar-refractivity contribution in [3.63, 3.8) is 0 Å². The Morgan fingerprint density at radius 1 is 1.22 bits per heavy atom. The summed E-state index contributed by atoms with van der Waals surface area (Å²) < 4.78 is 0. The molecule has 0 bridgehead atoms. The molecule has 0 aliphatic heterocycles. The van der Waals surface area contributed by atoms with E-state index >= 15 is 0 Å². The Hall–Kier alpha value is -0.560. The van der Waals surface area contributed by atoms with Crippen LogP contribution in [-0.2, 0) is 0 Å². The summed E-state index contributed by atoms with van der Waals surface area (Å²) in [4.78, 5) is 0. The predicted molar refractivity (Wildman–Crippen MR) is 38.1 cm³/mol. The molecule has 1 heteroatoms. The van der Waals surface area contributed by atoms with Gasteiger partial charge in [0.05, 0.1) is 5.60 Å². The number of aliphatic hydroxyl groups is 1. The largest absolute Gasteiger partial charge is 0.390 e. The summed E-state index contributed by atoms with van der Waals surface area (Å²) in [6, 6.07) is 0. The van der Waals surface area contributed by atoms with Crippen molar-refractivity contribution in [2.24, 2.45) is 5.92 Å². The number of hydrogen-bond donors (Lipinski definition) is 1. The van der Waals surface area contributed by atoms with E-state index in [-0.39, 0.29) is 5.92 Å². The molecule has 0 fully saturated rings. The van der Waals surface area contributed by atoms with Gasteiger partial charge < -0.3 is 5.11 Å². The van der Waals surface area contributed by atoms with Gasteiger partial charge in [-0.05, 0) is 13.8 Å². The maximum absolute atomic E-state index is 9.41. The highest BCUT2D eigenvalue weighted by Gasteiger charge is 2.22. The molecule has 0 radical (unpaired) electrons. The van der Waals surface area contributed by atoms with Crippen LogP contribution in [0.4, 0.5) is 0 Å². The zero-order valence-corrected chi connectivity index (χ0v) is 5.83. The van der Waals surface area contributed by atoms with E-state index in [4.69, 9.17) is 0 Å². The average molecular weight is 124 g/mol. The Bertz CT molecular complexity index is 136. The zero-order chi connectivity index (χ0) is 6.91. The first-order valence-corrected chi connectivity index (χ1v) is 3.18. The molecule has 0 unspecified atom stereocenters. The normalized spacial score (nSPS) is 19.4. The van der Waals surface area contributed by atoms with E-state index in [2.05, 4.69) is 0 Å². The van der Waals surface area contributed by atoms with Gasteiger partial charge in [-0.25, -0.2) is 0 Å². The predicted octanol–water partition coefficient (Wildman–Crippen LogP) is 1.50. The van der Waals surface area contributed by atoms with Crippen molar-refractivity contribution in [1.29, 1.82) is 0 Å². The van der Waals surface area contributed by atoms with E-state index in [1.165, 1.54) is 0 Å². The molecule has 0 saturated carbocycles. The quantitative estimate of drug-likeness (QED) is 0.561. The molecule has 1 N–H and O–H groups in total. The Balaban J connectivity index is 2.64. The highest BCUT2D eigenvalue weighted by Crippen LogP contribution is 2.22. The molecule has 1 aliphatic rings. The van der Waals surface area contributed by atoms with Gasteiger partial charge in [0, 0.05) is 5.92 Å². The Kier molecular flexibility index (Phi) is 1.45. The minimum atomic E-state index is -0.594. The summed E-state index contributed by atoms with van der Waals surface area (Å²) in [5.74, 6) is 0.206. The summed E-state index contributed by atoms with van der Waals surface area (Å²) in [7, 11) is 0. The van der Waals surface area contributed by atoms with Crippen LogP contribution >= 0.6 is 0 Å². The van der Waals surface area contributed by atoms with Gasteiger partial charge in [-0.3, -0.25) is 0 Å². The van der Waals surface area contributed by atoms with Crippen LogP contribution < -0.4 is 0 Å². The minimum Gasteiger partial charge on any atom is -0.390 e. The van der Waals surface area contributed by atoms with Crippen molar-refractivity contribution in [3.05, 3.63) is 24.3 Å². The molecule has 0 heterocycles. The van der Waals surface area contributed by atoms with E-state index in [0.29, 0.717) is 0 Å². The number of rotatable bonds is 1. The fraction of sp³-hybridized carbons (Fsp3) is 0.500. The van der Waals surface area contributed by atoms with Gasteiger partial charge in [-0.2, -0.15) is 0 Å². The molecule has 0 saturated heterocycles. The second kappa shape index (κ2) is 1.99. The van der Waals surface area contributed by atoms with Crippen LogP contribution in [0, 0.1) is 5.92 Å². The van der Waals surface area contributed by atoms with Gasteiger partial charge in [0.25, 0.3) is 0 Å². The fourth-order valence-corrected chi connectivity index (χ4v) is 0.903. The monoisotopic (exact) mass is 124 g/mol. The molecular formula is C8H12O. The van der Waals surface area contributed by atoms with Crippen LogP contribution in [0.5, 0.6) is 0 Å². The lowest BCUT2D eigenvalue weighted by Gasteiger charge is -2.21. The van der Waals surface area contributed by atoms with E-state index < -0.39 is 5.60 Å². The van der Waals surface area contributed by atoms with Crippen LogP contribution in [0.15, 0.2) is 24.3 Å². The van der Waals surface area contributed by atoms with Crippen molar-refractivity contribution >= 4 is 0 Å². The highest BCUT2D eigenvalue weighted by molar-refractivity contribution is 5.20. The van der Waals surface area contributed by atoms with E-state index in [1.54, 1.807) is 0 Å². The Labute approximate surface area is 55.7 Å². The Morgan fingerprint density at radius 3 is 1.89 bits per heavy atom. The molecule has 50 valence electrons. The summed E-state index contributed by atoms with van der Waals surface area (Å²) in [6.45, 7) is 3.63. The average Bonchev–Trinajstić information content (AvgIpc) is 2.08. The molecule has 0 spiro atoms. The molecule has 0 aromatic carbocycles. The molecule has 1 nitrogen and oxygen atoms in total. The molecule has 1 aliphatic carbocycles. The standard InChI is InChI=1S/C8H12O/c1-8(2,9)7-5-3-4-6-7/h3-7,9H,1-2H3. The third kappa shape index (κ3) is 1.42. The minimum absolute atomic E-state index is 0.206. The van der Waals surface area contributed by atoms with Crippen molar-refractivity contribution in [1.82, 2.24) is 0 Å². The van der Waals surface area contributed by atoms with Crippen LogP contribution in [0.2, 0.25) is 0 Å². The van der Waals surface area contributed by atoms with Crippen LogP contribution in [0.25, 0.3) is 0 Å². The van der Waals surface area contributed by atoms with Crippen molar-refractivity contribution < 1.29 is 5.11 Å². The van der Waals surface area contributed by atoms with E-state index in [9.17, 15) is 5.11 Å². The van der Waals surface area contributed by atoms with Gasteiger partial charge in [0.2, 0.25) is 0 Å². The molecule has 0 atom stereocenters. The van der Waals surface area contributed by atoms with Gasteiger partial charge in [0.15, 0.2) is 0 Å². The van der Waals surface area contributed by atoms with Gasteiger partial charge in [0.1, 0.15) is 0 Å². The Morgan fingerprint density at radius 2 is 1.67 bits per heavy atom. The van der Waals surface area contributed by atoms with E-state index in [1.807, 2.05) is 38.2 Å². The van der Waals surface area contributed by atoms with Gasteiger partial charge in [-0.1, -0.05) is 24.3 Å². The smallest absolute Gasteiger partial charge is 0.0688 e. The summed E-state index contributed by atoms with van der Waals surface area (Å²) >= 11 is 0. The van der Waals surface area contributed by atoms with Gasteiger partial charge >= 0.3 is 0 Å². The fourth-order valence-electron chi connectivity index (χ4n) is 0.903. The molecule has 9 heavy (non-hydrogen) atoms. The lowest BCUT2D eigenvalue weighted by Crippen LogP contribution is -2.26. The molecule has 0 aromatic rings. The maximum Gasteiger partial charge on any atom is 0.0688 e. The lowest BCUT2D eigenvalue weighted by atomic mass is 9.93. The second-order valence-electron chi connectivity index (χ2n) is 2.95. The zero-order valence-electron chi connectivity index (χ0n) is 5.83. The first-order valence-electron chi connectivity index (χ1n) is 3.18. The lowest BCUT2D eigenvalue weighted by molar-refractivity contribution is 0.0553. The third-order valence-corrected chi connectivity index (χ3v) is 1.56. The first kappa shape index (κ1) is 6.56. The van der Waals surface area contributed by atoms with Crippen LogP contribution in [-0.4, -0.2) is 10.7 Å². The first-order chi connectivity index (χ1) is 4.11. The van der Waals surface area contributed by atoms with Crippen molar-refractivity contribution in [2.75, 3.05) is 0 Å². The van der Waals surface area contributed by atoms with Gasteiger partial charge in [-0.15, -0.1) is 0 Å². The van der Waals surface area contributed by atoms with Crippen molar-refractivity contribution in [3.8, 4) is 0 Å². The molecule has 1 rings (SSSR count). The molecule has 0 amide bonds. The van der Waals surface area contributed by atoms with Crippen LogP contribution in [0.3, 0.4) is 0 Å². The third-order valence-electron chi connectivity index (χ3n) is 1.56. The topological polar surface area (TPSA) is 20.2 Å². The molecule has 0 aromatic heterocycles. The van der Waals surface area contributed by atoms with Crippen LogP contribution in [0.1, 0.15) is 13.8 Å². The summed E-state index contributed by atoms with van der Waals surface area (Å²) in [5.41, 5.74) is -0.594. The summed E-state index contributed by atoms with van der Waals surface area (Å²) in [5, 5.41) is 9.41. The highest BCUT2D eigenvalue weighted by atomic mass is 16.3. The number of hydrogen-bond acceptors (Lipinski definition) is 1. The summed E-state index contributed by atoms with van der Waals surface area (Å²) in [6.07, 6.45) is 7.92. The second-order valence-corrected chi connectivity index (χ2v) is 2.95. The maximum atomic E-state index is 9.41.